The number of hydrogen-bond acceptors (Lipinski definition) is 3. The van der Waals surface area contributed by atoms with Crippen LogP contribution in [0.1, 0.15) is 18.4 Å². The highest BCUT2D eigenvalue weighted by molar-refractivity contribution is 7.89. The van der Waals surface area contributed by atoms with E-state index in [2.05, 4.69) is 4.90 Å². The van der Waals surface area contributed by atoms with Crippen LogP contribution in [-0.4, -0.2) is 32.9 Å². The third-order valence-electron chi connectivity index (χ3n) is 4.43. The van der Waals surface area contributed by atoms with E-state index in [9.17, 15) is 12.8 Å². The predicted molar refractivity (Wildman–Crippen MR) is 98.0 cm³/mol. The quantitative estimate of drug-likeness (QED) is 0.787. The van der Waals surface area contributed by atoms with Gasteiger partial charge in [-0.25, -0.2) is 12.8 Å². The van der Waals surface area contributed by atoms with Gasteiger partial charge in [-0.1, -0.05) is 29.8 Å². The minimum atomic E-state index is -3.75. The zero-order valence-corrected chi connectivity index (χ0v) is 15.5. The molecular formula is C18H20ClFN2O2S. The zero-order valence-electron chi connectivity index (χ0n) is 14.0. The van der Waals surface area contributed by atoms with Crippen molar-refractivity contribution in [3.63, 3.8) is 0 Å². The Morgan fingerprint density at radius 2 is 1.84 bits per heavy atom. The summed E-state index contributed by atoms with van der Waals surface area (Å²) in [6.07, 6.45) is 2.30. The van der Waals surface area contributed by atoms with Gasteiger partial charge in [0.05, 0.1) is 9.92 Å². The highest BCUT2D eigenvalue weighted by atomic mass is 35.5. The van der Waals surface area contributed by atoms with Crippen molar-refractivity contribution in [2.24, 2.45) is 0 Å². The van der Waals surface area contributed by atoms with E-state index in [-0.39, 0.29) is 16.5 Å². The number of halogens is 2. The fourth-order valence-corrected chi connectivity index (χ4v) is 4.47. The summed E-state index contributed by atoms with van der Waals surface area (Å²) in [6, 6.07) is 11.3. The van der Waals surface area contributed by atoms with E-state index in [1.54, 1.807) is 0 Å². The number of nitrogens with zero attached hydrogens (tertiary/aromatic N) is 2. The first-order valence-electron chi connectivity index (χ1n) is 8.14. The van der Waals surface area contributed by atoms with Crippen molar-refractivity contribution in [3.05, 3.63) is 58.9 Å². The Kier molecular flexibility index (Phi) is 5.32. The lowest BCUT2D eigenvalue weighted by molar-refractivity contribution is 0.466. The topological polar surface area (TPSA) is 40.6 Å². The molecule has 0 amide bonds. The van der Waals surface area contributed by atoms with Crippen molar-refractivity contribution in [1.29, 1.82) is 0 Å². The number of anilines is 1. The number of hydrogen-bond donors (Lipinski definition) is 0. The van der Waals surface area contributed by atoms with E-state index >= 15 is 0 Å². The molecule has 1 aliphatic rings. The first-order chi connectivity index (χ1) is 11.9. The maximum Gasteiger partial charge on any atom is 0.243 e. The van der Waals surface area contributed by atoms with Crippen LogP contribution in [0.15, 0.2) is 47.4 Å². The lowest BCUT2D eigenvalue weighted by Gasteiger charge is -2.24. The van der Waals surface area contributed by atoms with Gasteiger partial charge in [0.25, 0.3) is 0 Å². The molecule has 1 heterocycles. The van der Waals surface area contributed by atoms with Crippen LogP contribution in [0, 0.1) is 5.82 Å². The van der Waals surface area contributed by atoms with Crippen LogP contribution in [0.4, 0.5) is 10.1 Å². The minimum Gasteiger partial charge on any atom is -0.371 e. The van der Waals surface area contributed by atoms with E-state index in [0.29, 0.717) is 0 Å². The van der Waals surface area contributed by atoms with Crippen LogP contribution in [-0.2, 0) is 16.6 Å². The highest BCUT2D eigenvalue weighted by Gasteiger charge is 2.24. The van der Waals surface area contributed by atoms with Crippen LogP contribution in [0.5, 0.6) is 0 Å². The van der Waals surface area contributed by atoms with Crippen molar-refractivity contribution in [1.82, 2.24) is 4.31 Å². The standard InChI is InChI=1S/C18H20ClFN2O2S/c1-21(25(23,24)15-8-9-17(20)16(19)12-15)13-14-6-2-3-7-18(14)22-10-4-5-11-22/h2-3,6-9,12H,4-5,10-11,13H2,1H3. The summed E-state index contributed by atoms with van der Waals surface area (Å²) in [5, 5.41) is -0.202. The summed E-state index contributed by atoms with van der Waals surface area (Å²) >= 11 is 5.73. The molecule has 0 atom stereocenters. The molecule has 0 N–H and O–H groups in total. The molecule has 0 aliphatic carbocycles. The smallest absolute Gasteiger partial charge is 0.243 e. The molecule has 0 unspecified atom stereocenters. The Bertz CT molecular complexity index is 867. The first-order valence-corrected chi connectivity index (χ1v) is 9.95. The van der Waals surface area contributed by atoms with Crippen molar-refractivity contribution >= 4 is 27.3 Å². The molecule has 3 rings (SSSR count). The number of benzene rings is 2. The van der Waals surface area contributed by atoms with E-state index in [0.717, 1.165) is 49.3 Å². The van der Waals surface area contributed by atoms with Crippen molar-refractivity contribution in [2.45, 2.75) is 24.3 Å². The van der Waals surface area contributed by atoms with E-state index in [1.807, 2.05) is 24.3 Å². The SMILES string of the molecule is CN(Cc1ccccc1N1CCCC1)S(=O)(=O)c1ccc(F)c(Cl)c1. The Balaban J connectivity index is 1.86. The minimum absolute atomic E-state index is 0.0138. The monoisotopic (exact) mass is 382 g/mol. The molecule has 1 saturated heterocycles. The van der Waals surface area contributed by atoms with Gasteiger partial charge >= 0.3 is 0 Å². The van der Waals surface area contributed by atoms with Gasteiger partial charge in [-0.2, -0.15) is 4.31 Å². The normalized spacial score (nSPS) is 15.1. The summed E-state index contributed by atoms with van der Waals surface area (Å²) < 4.78 is 40.1. The molecular weight excluding hydrogens is 363 g/mol. The lowest BCUT2D eigenvalue weighted by atomic mass is 10.1. The average Bonchev–Trinajstić information content (AvgIpc) is 3.12. The van der Waals surface area contributed by atoms with Crippen LogP contribution in [0.3, 0.4) is 0 Å². The molecule has 0 aromatic heterocycles. The first kappa shape index (κ1) is 18.2. The van der Waals surface area contributed by atoms with Crippen LogP contribution < -0.4 is 4.90 Å². The Hall–Kier alpha value is -1.63. The summed E-state index contributed by atoms with van der Waals surface area (Å²) in [4.78, 5) is 2.27. The molecule has 0 radical (unpaired) electrons. The second-order valence-electron chi connectivity index (χ2n) is 6.16. The summed E-state index contributed by atoms with van der Waals surface area (Å²) in [6.45, 7) is 2.21. The molecule has 7 heteroatoms. The average molecular weight is 383 g/mol. The molecule has 1 fully saturated rings. The Morgan fingerprint density at radius 3 is 2.52 bits per heavy atom. The molecule has 134 valence electrons. The second kappa shape index (κ2) is 7.32. The third-order valence-corrected chi connectivity index (χ3v) is 6.52. The zero-order chi connectivity index (χ0) is 18.0. The van der Waals surface area contributed by atoms with Crippen molar-refractivity contribution in [2.75, 3.05) is 25.0 Å². The highest BCUT2D eigenvalue weighted by Crippen LogP contribution is 2.28. The number of rotatable bonds is 5. The largest absolute Gasteiger partial charge is 0.371 e. The fourth-order valence-electron chi connectivity index (χ4n) is 3.05. The number of para-hydroxylation sites is 1. The second-order valence-corrected chi connectivity index (χ2v) is 8.61. The summed E-state index contributed by atoms with van der Waals surface area (Å²) in [5.74, 6) is -0.636. The summed E-state index contributed by atoms with van der Waals surface area (Å²) in [5.41, 5.74) is 2.02. The molecule has 4 nitrogen and oxygen atoms in total. The third kappa shape index (κ3) is 3.81. The lowest BCUT2D eigenvalue weighted by Crippen LogP contribution is -2.28. The Morgan fingerprint density at radius 1 is 1.16 bits per heavy atom. The van der Waals surface area contributed by atoms with Crippen LogP contribution >= 0.6 is 11.6 Å². The van der Waals surface area contributed by atoms with Gasteiger partial charge in [-0.15, -0.1) is 0 Å². The fraction of sp³-hybridized carbons (Fsp3) is 0.333. The van der Waals surface area contributed by atoms with Gasteiger partial charge < -0.3 is 4.90 Å². The predicted octanol–water partition coefficient (Wildman–Crippen LogP) is 3.90. The summed E-state index contributed by atoms with van der Waals surface area (Å²) in [7, 11) is -2.23. The molecule has 25 heavy (non-hydrogen) atoms. The molecule has 2 aromatic rings. The molecule has 1 aliphatic heterocycles. The van der Waals surface area contributed by atoms with Gasteiger partial charge in [-0.05, 0) is 42.7 Å². The van der Waals surface area contributed by atoms with E-state index in [1.165, 1.54) is 17.4 Å². The molecule has 2 aromatic carbocycles. The maximum absolute atomic E-state index is 13.3. The molecule has 0 saturated carbocycles. The Labute approximate surface area is 152 Å². The van der Waals surface area contributed by atoms with Crippen molar-refractivity contribution in [3.8, 4) is 0 Å². The van der Waals surface area contributed by atoms with E-state index < -0.39 is 15.8 Å². The van der Waals surface area contributed by atoms with Gasteiger partial charge in [0.15, 0.2) is 0 Å². The van der Waals surface area contributed by atoms with E-state index in [4.69, 9.17) is 11.6 Å². The molecule has 0 spiro atoms. The van der Waals surface area contributed by atoms with Gasteiger partial charge in [-0.3, -0.25) is 0 Å². The van der Waals surface area contributed by atoms with Crippen LogP contribution in [0.25, 0.3) is 0 Å². The van der Waals surface area contributed by atoms with Gasteiger partial charge in [0.1, 0.15) is 5.82 Å². The van der Waals surface area contributed by atoms with Crippen LogP contribution in [0.2, 0.25) is 5.02 Å². The van der Waals surface area contributed by atoms with Gasteiger partial charge in [0.2, 0.25) is 10.0 Å². The van der Waals surface area contributed by atoms with Crippen molar-refractivity contribution < 1.29 is 12.8 Å². The maximum atomic E-state index is 13.3. The van der Waals surface area contributed by atoms with Gasteiger partial charge in [0, 0.05) is 32.4 Å². The number of sulfonamides is 1. The molecule has 0 bridgehead atoms.